The van der Waals surface area contributed by atoms with Crippen LogP contribution in [0, 0.1) is 6.92 Å². The first-order valence-electron chi connectivity index (χ1n) is 7.41. The van der Waals surface area contributed by atoms with E-state index in [1.807, 2.05) is 49.4 Å². The van der Waals surface area contributed by atoms with Crippen molar-refractivity contribution in [1.29, 1.82) is 0 Å². The molecule has 8 heteroatoms. The molecule has 8 nitrogen and oxygen atoms in total. The molecule has 0 unspecified atom stereocenters. The maximum atomic E-state index is 12.3. The summed E-state index contributed by atoms with van der Waals surface area (Å²) in [5.41, 5.74) is 2.27. The average molecular weight is 323 g/mol. The number of tetrazole rings is 1. The van der Waals surface area contributed by atoms with Crippen LogP contribution in [0.15, 0.2) is 48.7 Å². The van der Waals surface area contributed by atoms with Crippen molar-refractivity contribution in [3.63, 3.8) is 0 Å². The van der Waals surface area contributed by atoms with E-state index in [1.165, 1.54) is 0 Å². The van der Waals surface area contributed by atoms with E-state index in [1.54, 1.807) is 22.8 Å². The fourth-order valence-corrected chi connectivity index (χ4v) is 2.21. The van der Waals surface area contributed by atoms with Crippen LogP contribution in [-0.2, 0) is 6.54 Å². The summed E-state index contributed by atoms with van der Waals surface area (Å²) in [6.45, 7) is 2.24. The number of amides is 2. The van der Waals surface area contributed by atoms with Crippen molar-refractivity contribution in [3.05, 3.63) is 60.2 Å². The molecule has 3 aromatic rings. The van der Waals surface area contributed by atoms with Crippen LogP contribution < -0.4 is 5.32 Å². The Hall–Kier alpha value is -3.29. The zero-order valence-corrected chi connectivity index (χ0v) is 13.4. The number of benzene rings is 1. The van der Waals surface area contributed by atoms with Gasteiger partial charge in [-0.2, -0.15) is 4.68 Å². The smallest absolute Gasteiger partial charge is 0.321 e. The lowest BCUT2D eigenvalue weighted by Crippen LogP contribution is -2.31. The summed E-state index contributed by atoms with van der Waals surface area (Å²) >= 11 is 0. The Labute approximate surface area is 139 Å². The number of hydrogen-bond acceptors (Lipinski definition) is 5. The van der Waals surface area contributed by atoms with Crippen LogP contribution in [-0.4, -0.2) is 43.2 Å². The molecule has 0 aliphatic carbocycles. The van der Waals surface area contributed by atoms with Gasteiger partial charge in [-0.25, -0.2) is 4.79 Å². The summed E-state index contributed by atoms with van der Waals surface area (Å²) in [5.74, 6) is 0.672. The van der Waals surface area contributed by atoms with Crippen LogP contribution in [0.5, 0.6) is 0 Å². The van der Waals surface area contributed by atoms with Crippen molar-refractivity contribution in [1.82, 2.24) is 30.1 Å². The minimum atomic E-state index is -0.216. The topological polar surface area (TPSA) is 88.8 Å². The largest absolute Gasteiger partial charge is 0.322 e. The number of anilines is 1. The average Bonchev–Trinajstić information content (AvgIpc) is 3.02. The number of urea groups is 1. The highest BCUT2D eigenvalue weighted by Gasteiger charge is 2.11. The number of pyridine rings is 1. The second-order valence-electron chi connectivity index (χ2n) is 5.30. The molecular weight excluding hydrogens is 306 g/mol. The summed E-state index contributed by atoms with van der Waals surface area (Å²) in [4.78, 5) is 18.1. The second-order valence-corrected chi connectivity index (χ2v) is 5.30. The molecule has 0 aliphatic heterocycles. The number of carbonyl (C=O) groups excluding carboxylic acids is 1. The molecule has 2 amide bonds. The lowest BCUT2D eigenvalue weighted by molar-refractivity contribution is 0.220. The maximum Gasteiger partial charge on any atom is 0.321 e. The van der Waals surface area contributed by atoms with E-state index in [4.69, 9.17) is 0 Å². The molecule has 0 bridgehead atoms. The molecule has 24 heavy (non-hydrogen) atoms. The maximum absolute atomic E-state index is 12.3. The zero-order valence-electron chi connectivity index (χ0n) is 13.4. The Morgan fingerprint density at radius 1 is 1.25 bits per heavy atom. The number of aromatic nitrogens is 5. The van der Waals surface area contributed by atoms with Gasteiger partial charge in [0.25, 0.3) is 0 Å². The van der Waals surface area contributed by atoms with Gasteiger partial charge in [0.15, 0.2) is 5.82 Å². The van der Waals surface area contributed by atoms with Crippen LogP contribution in [0.25, 0.3) is 5.69 Å². The molecule has 2 heterocycles. The highest BCUT2D eigenvalue weighted by Crippen LogP contribution is 2.15. The quantitative estimate of drug-likeness (QED) is 0.793. The molecule has 0 saturated carbocycles. The van der Waals surface area contributed by atoms with Gasteiger partial charge in [0.1, 0.15) is 0 Å². The van der Waals surface area contributed by atoms with Crippen molar-refractivity contribution in [2.24, 2.45) is 0 Å². The van der Waals surface area contributed by atoms with E-state index in [9.17, 15) is 4.79 Å². The number of hydrogen-bond donors (Lipinski definition) is 1. The van der Waals surface area contributed by atoms with Crippen LogP contribution in [0.4, 0.5) is 10.5 Å². The molecule has 1 aromatic carbocycles. The van der Waals surface area contributed by atoms with Gasteiger partial charge < -0.3 is 10.2 Å². The third kappa shape index (κ3) is 3.54. The van der Waals surface area contributed by atoms with Crippen molar-refractivity contribution >= 4 is 11.7 Å². The van der Waals surface area contributed by atoms with Gasteiger partial charge in [-0.05, 0) is 47.7 Å². The fraction of sp³-hybridized carbons (Fsp3) is 0.188. The highest BCUT2D eigenvalue weighted by atomic mass is 16.2. The van der Waals surface area contributed by atoms with E-state index in [-0.39, 0.29) is 6.03 Å². The summed E-state index contributed by atoms with van der Waals surface area (Å²) in [6.07, 6.45) is 1.71. The summed E-state index contributed by atoms with van der Waals surface area (Å²) in [5, 5.41) is 14.3. The lowest BCUT2D eigenvalue weighted by atomic mass is 10.2. The number of rotatable bonds is 4. The molecule has 0 aliphatic rings. The minimum absolute atomic E-state index is 0.216. The number of aryl methyl sites for hydroxylation is 1. The van der Waals surface area contributed by atoms with Crippen LogP contribution >= 0.6 is 0 Å². The molecule has 1 N–H and O–H groups in total. The van der Waals surface area contributed by atoms with Crippen LogP contribution in [0.2, 0.25) is 0 Å². The molecule has 0 fully saturated rings. The summed E-state index contributed by atoms with van der Waals surface area (Å²) in [6, 6.07) is 12.7. The Kier molecular flexibility index (Phi) is 4.46. The van der Waals surface area contributed by atoms with Gasteiger partial charge in [0.2, 0.25) is 0 Å². The van der Waals surface area contributed by atoms with Crippen LogP contribution in [0.3, 0.4) is 0 Å². The lowest BCUT2D eigenvalue weighted by Gasteiger charge is -2.17. The molecule has 122 valence electrons. The summed E-state index contributed by atoms with van der Waals surface area (Å²) in [7, 11) is 1.72. The fourth-order valence-electron chi connectivity index (χ4n) is 2.21. The predicted molar refractivity (Wildman–Crippen MR) is 88.6 cm³/mol. The van der Waals surface area contributed by atoms with Gasteiger partial charge in [-0.3, -0.25) is 4.98 Å². The van der Waals surface area contributed by atoms with Gasteiger partial charge in [0.05, 0.1) is 17.9 Å². The number of nitrogens with one attached hydrogen (secondary N) is 1. The zero-order chi connectivity index (χ0) is 16.9. The molecule has 2 aromatic heterocycles. The third-order valence-corrected chi connectivity index (χ3v) is 3.44. The van der Waals surface area contributed by atoms with Crippen molar-refractivity contribution < 1.29 is 4.79 Å². The summed E-state index contributed by atoms with van der Waals surface area (Å²) < 4.78 is 1.60. The first-order valence-corrected chi connectivity index (χ1v) is 7.41. The van der Waals surface area contributed by atoms with E-state index < -0.39 is 0 Å². The van der Waals surface area contributed by atoms with E-state index >= 15 is 0 Å². The molecule has 0 radical (unpaired) electrons. The predicted octanol–water partition coefficient (Wildman–Crippen LogP) is 2.03. The van der Waals surface area contributed by atoms with E-state index in [0.717, 1.165) is 11.4 Å². The minimum Gasteiger partial charge on any atom is -0.322 e. The SMILES string of the molecule is Cc1nnnn1-c1cccc(NC(=O)N(C)Cc2ccccn2)c1. The van der Waals surface area contributed by atoms with Gasteiger partial charge in [0, 0.05) is 18.9 Å². The molecule has 3 rings (SSSR count). The Balaban J connectivity index is 1.69. The van der Waals surface area contributed by atoms with E-state index in [0.29, 0.717) is 18.1 Å². The Bertz CT molecular complexity index is 831. The van der Waals surface area contributed by atoms with Gasteiger partial charge >= 0.3 is 6.03 Å². The third-order valence-electron chi connectivity index (χ3n) is 3.44. The molecule has 0 saturated heterocycles. The monoisotopic (exact) mass is 323 g/mol. The standard InChI is InChI=1S/C16H17N7O/c1-12-19-20-21-23(12)15-8-5-7-13(10-15)18-16(24)22(2)11-14-6-3-4-9-17-14/h3-10H,11H2,1-2H3,(H,18,24). The Morgan fingerprint density at radius 2 is 2.12 bits per heavy atom. The van der Waals surface area contributed by atoms with Crippen molar-refractivity contribution in [2.75, 3.05) is 12.4 Å². The van der Waals surface area contributed by atoms with Crippen molar-refractivity contribution in [3.8, 4) is 5.69 Å². The number of carbonyl (C=O) groups is 1. The molecule has 0 atom stereocenters. The van der Waals surface area contributed by atoms with Crippen LogP contribution in [0.1, 0.15) is 11.5 Å². The molecular formula is C16H17N7O. The second kappa shape index (κ2) is 6.86. The van der Waals surface area contributed by atoms with Gasteiger partial charge in [-0.15, -0.1) is 5.10 Å². The first kappa shape index (κ1) is 15.6. The Morgan fingerprint density at radius 3 is 2.83 bits per heavy atom. The van der Waals surface area contributed by atoms with Gasteiger partial charge in [-0.1, -0.05) is 12.1 Å². The number of nitrogens with zero attached hydrogens (tertiary/aromatic N) is 6. The van der Waals surface area contributed by atoms with E-state index in [2.05, 4.69) is 25.8 Å². The normalized spacial score (nSPS) is 10.4. The van der Waals surface area contributed by atoms with Crippen molar-refractivity contribution in [2.45, 2.75) is 13.5 Å². The molecule has 0 spiro atoms. The highest BCUT2D eigenvalue weighted by molar-refractivity contribution is 5.89. The first-order chi connectivity index (χ1) is 11.6.